The number of nitrogens with zero attached hydrogens (tertiary/aromatic N) is 1. The Morgan fingerprint density at radius 2 is 1.31 bits per heavy atom. The highest BCUT2D eigenvalue weighted by molar-refractivity contribution is 7.92. The maximum Gasteiger partial charge on any atom is 0.210 e. The third-order valence-electron chi connectivity index (χ3n) is 4.90. The Hall–Kier alpha value is -2.59. The number of fused-ring (bicyclic) bond motifs is 2. The van der Waals surface area contributed by atoms with E-state index in [1.807, 2.05) is 31.2 Å². The molecule has 0 saturated carbocycles. The van der Waals surface area contributed by atoms with Crippen molar-refractivity contribution in [3.8, 4) is 0 Å². The molecule has 0 spiro atoms. The van der Waals surface area contributed by atoms with Crippen LogP contribution in [0.15, 0.2) is 64.4 Å². The molecule has 0 atom stereocenters. The minimum Gasteiger partial charge on any atom is -0.307 e. The lowest BCUT2D eigenvalue weighted by Gasteiger charge is -2.35. The monoisotopic (exact) mass is 363 g/mol. The summed E-state index contributed by atoms with van der Waals surface area (Å²) in [7, 11) is -3.54. The number of rotatable bonds is 1. The van der Waals surface area contributed by atoms with E-state index in [0.717, 1.165) is 22.4 Å². The van der Waals surface area contributed by atoms with Gasteiger partial charge in [0.2, 0.25) is 9.84 Å². The zero-order valence-electron chi connectivity index (χ0n) is 15.4. The molecule has 132 valence electrons. The third kappa shape index (κ3) is 2.36. The van der Waals surface area contributed by atoms with Crippen LogP contribution in [0, 0.1) is 27.7 Å². The van der Waals surface area contributed by atoms with Crippen LogP contribution in [0.1, 0.15) is 22.3 Å². The van der Waals surface area contributed by atoms with Gasteiger partial charge in [0.15, 0.2) is 0 Å². The molecule has 3 nitrogen and oxygen atoms in total. The first kappa shape index (κ1) is 16.9. The highest BCUT2D eigenvalue weighted by Gasteiger charge is 2.35. The smallest absolute Gasteiger partial charge is 0.210 e. The van der Waals surface area contributed by atoms with Crippen molar-refractivity contribution in [2.75, 3.05) is 4.90 Å². The standard InChI is InChI=1S/C22H21NO2S/c1-14-9-10-19-21(13-14)26(24,25)20-8-6-5-7-18(20)23(19)22-16(3)11-15(2)12-17(22)4/h5-13H,1-4H3. The summed E-state index contributed by atoms with van der Waals surface area (Å²) in [6, 6.07) is 17.2. The molecule has 3 aromatic carbocycles. The quantitative estimate of drug-likeness (QED) is 0.446. The average molecular weight is 363 g/mol. The normalized spacial score (nSPS) is 14.7. The van der Waals surface area contributed by atoms with Gasteiger partial charge in [0.05, 0.1) is 26.9 Å². The number of aryl methyl sites for hydroxylation is 4. The van der Waals surface area contributed by atoms with E-state index >= 15 is 0 Å². The van der Waals surface area contributed by atoms with E-state index in [1.165, 1.54) is 5.56 Å². The summed E-state index contributed by atoms with van der Waals surface area (Å²) < 4.78 is 26.4. The molecule has 0 amide bonds. The third-order valence-corrected chi connectivity index (χ3v) is 6.73. The van der Waals surface area contributed by atoms with Crippen LogP contribution in [0.25, 0.3) is 0 Å². The zero-order chi connectivity index (χ0) is 18.6. The van der Waals surface area contributed by atoms with Gasteiger partial charge in [0.1, 0.15) is 0 Å². The van der Waals surface area contributed by atoms with Crippen molar-refractivity contribution < 1.29 is 8.42 Å². The largest absolute Gasteiger partial charge is 0.307 e. The van der Waals surface area contributed by atoms with Gasteiger partial charge in [0, 0.05) is 0 Å². The van der Waals surface area contributed by atoms with Gasteiger partial charge in [-0.2, -0.15) is 0 Å². The van der Waals surface area contributed by atoms with Crippen molar-refractivity contribution in [3.63, 3.8) is 0 Å². The Bertz CT molecular complexity index is 1120. The molecule has 0 fully saturated rings. The zero-order valence-corrected chi connectivity index (χ0v) is 16.2. The molecule has 0 unspecified atom stereocenters. The van der Waals surface area contributed by atoms with Crippen molar-refractivity contribution in [2.45, 2.75) is 37.5 Å². The summed E-state index contributed by atoms with van der Waals surface area (Å²) in [4.78, 5) is 2.82. The lowest BCUT2D eigenvalue weighted by Crippen LogP contribution is -2.23. The summed E-state index contributed by atoms with van der Waals surface area (Å²) in [5.41, 5.74) is 6.85. The van der Waals surface area contributed by atoms with E-state index in [1.54, 1.807) is 18.2 Å². The summed E-state index contributed by atoms with van der Waals surface area (Å²) in [5.74, 6) is 0. The molecule has 0 bridgehead atoms. The lowest BCUT2D eigenvalue weighted by molar-refractivity contribution is 0.595. The highest BCUT2D eigenvalue weighted by Crippen LogP contribution is 2.49. The molecule has 0 aromatic heterocycles. The number of para-hydroxylation sites is 1. The van der Waals surface area contributed by atoms with Gasteiger partial charge in [-0.25, -0.2) is 8.42 Å². The van der Waals surface area contributed by atoms with Gasteiger partial charge in [-0.3, -0.25) is 0 Å². The number of benzene rings is 3. The van der Waals surface area contributed by atoms with Gasteiger partial charge >= 0.3 is 0 Å². The van der Waals surface area contributed by atoms with Crippen molar-refractivity contribution in [2.24, 2.45) is 0 Å². The maximum absolute atomic E-state index is 13.2. The summed E-state index contributed by atoms with van der Waals surface area (Å²) >= 11 is 0. The molecule has 1 heterocycles. The molecule has 3 aromatic rings. The second-order valence-electron chi connectivity index (χ2n) is 7.03. The fourth-order valence-corrected chi connectivity index (χ4v) is 5.61. The molecule has 1 aliphatic heterocycles. The predicted octanol–water partition coefficient (Wildman–Crippen LogP) is 5.54. The molecule has 4 rings (SSSR count). The molecule has 0 N–H and O–H groups in total. The van der Waals surface area contributed by atoms with E-state index in [9.17, 15) is 8.42 Å². The van der Waals surface area contributed by atoms with E-state index in [2.05, 4.69) is 37.8 Å². The lowest BCUT2D eigenvalue weighted by atomic mass is 10.0. The second kappa shape index (κ2) is 5.71. The molecular formula is C22H21NO2S. The predicted molar refractivity (Wildman–Crippen MR) is 106 cm³/mol. The fourth-order valence-electron chi connectivity index (χ4n) is 3.90. The van der Waals surface area contributed by atoms with Gasteiger partial charge in [-0.05, 0) is 68.7 Å². The van der Waals surface area contributed by atoms with Gasteiger partial charge in [-0.1, -0.05) is 35.9 Å². The topological polar surface area (TPSA) is 37.4 Å². The van der Waals surface area contributed by atoms with Gasteiger partial charge < -0.3 is 4.90 Å². The van der Waals surface area contributed by atoms with E-state index in [0.29, 0.717) is 21.2 Å². The summed E-state index contributed by atoms with van der Waals surface area (Å²) in [5, 5.41) is 0. The minimum atomic E-state index is -3.54. The Morgan fingerprint density at radius 1 is 0.692 bits per heavy atom. The first-order valence-corrected chi connectivity index (χ1v) is 10.1. The van der Waals surface area contributed by atoms with Crippen LogP contribution in [0.5, 0.6) is 0 Å². The molecule has 0 saturated heterocycles. The van der Waals surface area contributed by atoms with Gasteiger partial charge in [-0.15, -0.1) is 0 Å². The highest BCUT2D eigenvalue weighted by atomic mass is 32.2. The molecule has 0 aliphatic carbocycles. The molecule has 4 heteroatoms. The number of hydrogen-bond acceptors (Lipinski definition) is 3. The van der Waals surface area contributed by atoms with Crippen molar-refractivity contribution in [1.29, 1.82) is 0 Å². The number of hydrogen-bond donors (Lipinski definition) is 0. The first-order chi connectivity index (χ1) is 12.3. The molecule has 0 radical (unpaired) electrons. The van der Waals surface area contributed by atoms with Crippen molar-refractivity contribution >= 4 is 26.9 Å². The summed E-state index contributed by atoms with van der Waals surface area (Å²) in [6.45, 7) is 8.16. The van der Waals surface area contributed by atoms with Crippen LogP contribution in [-0.2, 0) is 9.84 Å². The molecular weight excluding hydrogens is 342 g/mol. The Balaban J connectivity index is 2.13. The number of anilines is 3. The van der Waals surface area contributed by atoms with Crippen LogP contribution in [-0.4, -0.2) is 8.42 Å². The van der Waals surface area contributed by atoms with Crippen LogP contribution >= 0.6 is 0 Å². The average Bonchev–Trinajstić information content (AvgIpc) is 2.57. The van der Waals surface area contributed by atoms with Crippen LogP contribution in [0.3, 0.4) is 0 Å². The SMILES string of the molecule is Cc1cc(C)c(N2c3ccccc3S(=O)(=O)c3cc(C)ccc32)c(C)c1. The van der Waals surface area contributed by atoms with E-state index < -0.39 is 9.84 Å². The van der Waals surface area contributed by atoms with E-state index in [4.69, 9.17) is 0 Å². The van der Waals surface area contributed by atoms with Crippen LogP contribution in [0.4, 0.5) is 17.1 Å². The van der Waals surface area contributed by atoms with Crippen molar-refractivity contribution in [1.82, 2.24) is 0 Å². The van der Waals surface area contributed by atoms with Gasteiger partial charge in [0.25, 0.3) is 0 Å². The van der Waals surface area contributed by atoms with Crippen LogP contribution < -0.4 is 4.90 Å². The summed E-state index contributed by atoms with van der Waals surface area (Å²) in [6.07, 6.45) is 0. The number of sulfone groups is 1. The fraction of sp³-hybridized carbons (Fsp3) is 0.182. The van der Waals surface area contributed by atoms with Crippen molar-refractivity contribution in [3.05, 3.63) is 76.9 Å². The minimum absolute atomic E-state index is 0.359. The van der Waals surface area contributed by atoms with E-state index in [-0.39, 0.29) is 0 Å². The molecule has 26 heavy (non-hydrogen) atoms. The van der Waals surface area contributed by atoms with Crippen LogP contribution in [0.2, 0.25) is 0 Å². The Morgan fingerprint density at radius 3 is 2.00 bits per heavy atom. The second-order valence-corrected chi connectivity index (χ2v) is 8.91. The first-order valence-electron chi connectivity index (χ1n) is 8.63. The Kier molecular flexibility index (Phi) is 3.70. The molecule has 1 aliphatic rings. The maximum atomic E-state index is 13.2. The Labute approximate surface area is 154 Å².